The molecule has 1 aromatic heterocycles. The number of aryl methyl sites for hydroxylation is 1. The fraction of sp³-hybridized carbons (Fsp3) is 0.143. The molecule has 2 aromatic carbocycles. The van der Waals surface area contributed by atoms with E-state index in [2.05, 4.69) is 15.6 Å². The van der Waals surface area contributed by atoms with Crippen molar-refractivity contribution in [1.29, 1.82) is 0 Å². The Morgan fingerprint density at radius 3 is 2.29 bits per heavy atom. The number of Topliss-reactive ketones (excluding diaryl/α,β-unsaturated/α-hetero) is 1. The van der Waals surface area contributed by atoms with Gasteiger partial charge in [0.05, 0.1) is 0 Å². The Hall–Kier alpha value is -3.32. The predicted octanol–water partition coefficient (Wildman–Crippen LogP) is 4.53. The van der Waals surface area contributed by atoms with E-state index in [9.17, 15) is 14.4 Å². The largest absolute Gasteiger partial charge is 0.326 e. The highest BCUT2D eigenvalue weighted by Crippen LogP contribution is 2.29. The fourth-order valence-corrected chi connectivity index (χ4v) is 3.58. The van der Waals surface area contributed by atoms with Crippen LogP contribution in [0, 0.1) is 6.92 Å². The number of rotatable bonds is 5. The lowest BCUT2D eigenvalue weighted by Crippen LogP contribution is -2.13. The molecule has 0 fully saturated rings. The third kappa shape index (κ3) is 4.50. The highest BCUT2D eigenvalue weighted by molar-refractivity contribution is 7.15. The number of anilines is 2. The summed E-state index contributed by atoms with van der Waals surface area (Å²) in [6.45, 7) is 4.76. The van der Waals surface area contributed by atoms with Gasteiger partial charge < -0.3 is 10.6 Å². The zero-order chi connectivity index (χ0) is 20.3. The molecule has 7 heteroatoms. The van der Waals surface area contributed by atoms with E-state index in [1.807, 2.05) is 25.1 Å². The molecule has 0 aliphatic rings. The van der Waals surface area contributed by atoms with Crippen molar-refractivity contribution >= 4 is 40.3 Å². The van der Waals surface area contributed by atoms with Gasteiger partial charge in [0.2, 0.25) is 5.91 Å². The van der Waals surface area contributed by atoms with Gasteiger partial charge in [0.25, 0.3) is 5.91 Å². The molecule has 28 heavy (non-hydrogen) atoms. The number of thiazole rings is 1. The van der Waals surface area contributed by atoms with E-state index in [1.165, 1.54) is 25.2 Å². The number of benzene rings is 2. The number of carbonyl (C=O) groups excluding carboxylic acids is 3. The monoisotopic (exact) mass is 393 g/mol. The molecule has 2 amide bonds. The molecule has 0 aliphatic heterocycles. The van der Waals surface area contributed by atoms with Crippen LogP contribution in [-0.4, -0.2) is 22.6 Å². The Kier molecular flexibility index (Phi) is 5.65. The number of hydrogen-bond donors (Lipinski definition) is 2. The van der Waals surface area contributed by atoms with E-state index >= 15 is 0 Å². The highest BCUT2D eigenvalue weighted by atomic mass is 32.1. The summed E-state index contributed by atoms with van der Waals surface area (Å²) >= 11 is 1.40. The van der Waals surface area contributed by atoms with Gasteiger partial charge in [-0.15, -0.1) is 11.3 Å². The molecule has 0 atom stereocenters. The van der Waals surface area contributed by atoms with E-state index in [0.29, 0.717) is 27.6 Å². The molecule has 142 valence electrons. The lowest BCUT2D eigenvalue weighted by atomic mass is 10.1. The molecule has 0 radical (unpaired) electrons. The Morgan fingerprint density at radius 1 is 0.929 bits per heavy atom. The quantitative estimate of drug-likeness (QED) is 0.623. The van der Waals surface area contributed by atoms with E-state index in [1.54, 1.807) is 30.3 Å². The SMILES string of the molecule is CC(=O)Nc1cccc(-c2nc(C(=O)Nc3cccc(C(C)=O)c3)c(C)s2)c1. The van der Waals surface area contributed by atoms with Crippen molar-refractivity contribution in [2.75, 3.05) is 10.6 Å². The maximum absolute atomic E-state index is 12.7. The minimum Gasteiger partial charge on any atom is -0.326 e. The number of hydrogen-bond acceptors (Lipinski definition) is 5. The van der Waals surface area contributed by atoms with Gasteiger partial charge in [-0.2, -0.15) is 0 Å². The van der Waals surface area contributed by atoms with Crippen LogP contribution in [0.1, 0.15) is 39.6 Å². The predicted molar refractivity (Wildman–Crippen MR) is 111 cm³/mol. The molecule has 6 nitrogen and oxygen atoms in total. The number of aromatic nitrogens is 1. The van der Waals surface area contributed by atoms with Gasteiger partial charge in [-0.1, -0.05) is 24.3 Å². The second-order valence-electron chi connectivity index (χ2n) is 6.28. The number of ketones is 1. The second kappa shape index (κ2) is 8.14. The third-order valence-corrected chi connectivity index (χ3v) is 4.99. The molecule has 3 aromatic rings. The molecule has 0 unspecified atom stereocenters. The average molecular weight is 393 g/mol. The molecule has 0 spiro atoms. The van der Waals surface area contributed by atoms with Crippen molar-refractivity contribution in [2.45, 2.75) is 20.8 Å². The molecular formula is C21H19N3O3S. The first kappa shape index (κ1) is 19.4. The summed E-state index contributed by atoms with van der Waals surface area (Å²) in [7, 11) is 0. The molecule has 0 aliphatic carbocycles. The zero-order valence-corrected chi connectivity index (χ0v) is 16.5. The number of amides is 2. The minimum atomic E-state index is -0.335. The Labute approximate surface area is 166 Å². The first-order valence-corrected chi connectivity index (χ1v) is 9.43. The number of carbonyl (C=O) groups is 3. The summed E-state index contributed by atoms with van der Waals surface area (Å²) in [6, 6.07) is 14.1. The van der Waals surface area contributed by atoms with E-state index in [0.717, 1.165) is 10.4 Å². The van der Waals surface area contributed by atoms with Crippen LogP contribution < -0.4 is 10.6 Å². The second-order valence-corrected chi connectivity index (χ2v) is 7.48. The molecule has 0 bridgehead atoms. The van der Waals surface area contributed by atoms with Gasteiger partial charge in [0.15, 0.2) is 5.78 Å². The first-order valence-electron chi connectivity index (χ1n) is 8.61. The van der Waals surface area contributed by atoms with Crippen molar-refractivity contribution in [3.63, 3.8) is 0 Å². The van der Waals surface area contributed by atoms with Gasteiger partial charge in [-0.05, 0) is 38.1 Å². The number of nitrogens with one attached hydrogen (secondary N) is 2. The van der Waals surface area contributed by atoms with Crippen LogP contribution in [0.15, 0.2) is 48.5 Å². The van der Waals surface area contributed by atoms with Gasteiger partial charge in [-0.3, -0.25) is 14.4 Å². The molecule has 0 saturated heterocycles. The average Bonchev–Trinajstić information content (AvgIpc) is 3.03. The van der Waals surface area contributed by atoms with Crippen molar-refractivity contribution in [2.24, 2.45) is 0 Å². The summed E-state index contributed by atoms with van der Waals surface area (Å²) in [5, 5.41) is 6.22. The van der Waals surface area contributed by atoms with Crippen LogP contribution in [0.5, 0.6) is 0 Å². The van der Waals surface area contributed by atoms with Crippen molar-refractivity contribution < 1.29 is 14.4 Å². The van der Waals surface area contributed by atoms with Gasteiger partial charge in [0.1, 0.15) is 10.7 Å². The van der Waals surface area contributed by atoms with Crippen molar-refractivity contribution in [3.8, 4) is 10.6 Å². The van der Waals surface area contributed by atoms with E-state index in [-0.39, 0.29) is 17.6 Å². The summed E-state index contributed by atoms with van der Waals surface area (Å²) in [5.74, 6) is -0.554. The standard InChI is InChI=1S/C21H19N3O3S/c1-12(25)15-6-4-9-18(10-15)23-20(27)19-13(2)28-21(24-19)16-7-5-8-17(11-16)22-14(3)26/h4-11H,1-3H3,(H,22,26)(H,23,27). The zero-order valence-electron chi connectivity index (χ0n) is 15.7. The normalized spacial score (nSPS) is 10.4. The molecule has 2 N–H and O–H groups in total. The molecular weight excluding hydrogens is 374 g/mol. The van der Waals surface area contributed by atoms with E-state index < -0.39 is 0 Å². The summed E-state index contributed by atoms with van der Waals surface area (Å²) in [5.41, 5.74) is 2.89. The molecule has 1 heterocycles. The third-order valence-electron chi connectivity index (χ3n) is 3.97. The summed E-state index contributed by atoms with van der Waals surface area (Å²) in [4.78, 5) is 40.7. The lowest BCUT2D eigenvalue weighted by molar-refractivity contribution is -0.114. The molecule has 0 saturated carbocycles. The molecule has 3 rings (SSSR count). The maximum atomic E-state index is 12.7. The van der Waals surface area contributed by atoms with Gasteiger partial charge >= 0.3 is 0 Å². The summed E-state index contributed by atoms with van der Waals surface area (Å²) in [6.07, 6.45) is 0. The van der Waals surface area contributed by atoms with Crippen molar-refractivity contribution in [3.05, 3.63) is 64.7 Å². The van der Waals surface area contributed by atoms with Crippen LogP contribution in [0.3, 0.4) is 0 Å². The Morgan fingerprint density at radius 2 is 1.61 bits per heavy atom. The fourth-order valence-electron chi connectivity index (χ4n) is 2.67. The van der Waals surface area contributed by atoms with Crippen LogP contribution >= 0.6 is 11.3 Å². The summed E-state index contributed by atoms with van der Waals surface area (Å²) < 4.78 is 0. The smallest absolute Gasteiger partial charge is 0.275 e. The maximum Gasteiger partial charge on any atom is 0.275 e. The van der Waals surface area contributed by atoms with Crippen LogP contribution in [0.25, 0.3) is 10.6 Å². The van der Waals surface area contributed by atoms with Crippen LogP contribution in [0.2, 0.25) is 0 Å². The van der Waals surface area contributed by atoms with Crippen LogP contribution in [0.4, 0.5) is 11.4 Å². The topological polar surface area (TPSA) is 88.2 Å². The van der Waals surface area contributed by atoms with Crippen molar-refractivity contribution in [1.82, 2.24) is 4.98 Å². The number of nitrogens with zero attached hydrogens (tertiary/aromatic N) is 1. The Balaban J connectivity index is 1.84. The van der Waals surface area contributed by atoms with Gasteiger partial charge in [0, 0.05) is 34.3 Å². The first-order chi connectivity index (χ1) is 13.3. The Bertz CT molecular complexity index is 1070. The van der Waals surface area contributed by atoms with E-state index in [4.69, 9.17) is 0 Å². The van der Waals surface area contributed by atoms with Crippen LogP contribution in [-0.2, 0) is 4.79 Å². The van der Waals surface area contributed by atoms with Gasteiger partial charge in [-0.25, -0.2) is 4.98 Å². The minimum absolute atomic E-state index is 0.0673. The lowest BCUT2D eigenvalue weighted by Gasteiger charge is -2.05. The highest BCUT2D eigenvalue weighted by Gasteiger charge is 2.17.